The van der Waals surface area contributed by atoms with Crippen LogP contribution in [-0.4, -0.2) is 38.4 Å². The molecule has 7 heteroatoms. The van der Waals surface area contributed by atoms with Crippen molar-refractivity contribution in [1.82, 2.24) is 10.4 Å². The zero-order valence-electron chi connectivity index (χ0n) is 14.7. The molecule has 2 aromatic carbocycles. The molecule has 3 aromatic rings. The van der Waals surface area contributed by atoms with E-state index >= 15 is 0 Å². The topological polar surface area (TPSA) is 84.9 Å². The van der Waals surface area contributed by atoms with Crippen molar-refractivity contribution in [2.45, 2.75) is 0 Å². The molecule has 0 atom stereocenters. The van der Waals surface area contributed by atoms with Gasteiger partial charge in [0.05, 0.1) is 27.5 Å². The number of aromatic nitrogens is 1. The van der Waals surface area contributed by atoms with Crippen LogP contribution in [0.3, 0.4) is 0 Å². The molecule has 2 N–H and O–H groups in total. The Morgan fingerprint density at radius 3 is 2.65 bits per heavy atom. The smallest absolute Gasteiger partial charge is 0.287 e. The summed E-state index contributed by atoms with van der Waals surface area (Å²) in [6.07, 6.45) is 1.50. The lowest BCUT2D eigenvalue weighted by atomic mass is 10.2. The van der Waals surface area contributed by atoms with Crippen molar-refractivity contribution >= 4 is 23.0 Å². The largest absolute Gasteiger partial charge is 0.497 e. The van der Waals surface area contributed by atoms with Crippen molar-refractivity contribution in [2.75, 3.05) is 21.3 Å². The number of ether oxygens (including phenoxy) is 3. The number of nitrogens with one attached hydrogen (secondary N) is 2. The first-order chi connectivity index (χ1) is 12.7. The van der Waals surface area contributed by atoms with Gasteiger partial charge in [0, 0.05) is 22.5 Å². The van der Waals surface area contributed by atoms with Crippen molar-refractivity contribution in [2.24, 2.45) is 5.10 Å². The van der Waals surface area contributed by atoms with Crippen LogP contribution in [0.1, 0.15) is 16.1 Å². The molecule has 0 saturated heterocycles. The van der Waals surface area contributed by atoms with Gasteiger partial charge in [-0.15, -0.1) is 0 Å². The zero-order chi connectivity index (χ0) is 18.5. The first-order valence-corrected chi connectivity index (χ1v) is 7.87. The molecule has 1 heterocycles. The molecule has 0 radical (unpaired) electrons. The van der Waals surface area contributed by atoms with E-state index in [1.165, 1.54) is 6.21 Å². The van der Waals surface area contributed by atoms with E-state index in [-0.39, 0.29) is 5.91 Å². The highest BCUT2D eigenvalue weighted by molar-refractivity contribution is 5.98. The molecule has 0 aliphatic rings. The molecule has 7 nitrogen and oxygen atoms in total. The number of carbonyl (C=O) groups is 1. The van der Waals surface area contributed by atoms with Crippen LogP contribution in [0.2, 0.25) is 0 Å². The Morgan fingerprint density at radius 1 is 1.08 bits per heavy atom. The minimum atomic E-state index is -0.349. The number of aromatic amines is 1. The second-order valence-electron chi connectivity index (χ2n) is 5.42. The van der Waals surface area contributed by atoms with Gasteiger partial charge >= 0.3 is 0 Å². The van der Waals surface area contributed by atoms with Crippen molar-refractivity contribution in [3.63, 3.8) is 0 Å². The van der Waals surface area contributed by atoms with Crippen LogP contribution in [0.4, 0.5) is 0 Å². The minimum Gasteiger partial charge on any atom is -0.497 e. The Labute approximate surface area is 150 Å². The molecule has 0 fully saturated rings. The lowest BCUT2D eigenvalue weighted by molar-refractivity contribution is 0.0951. The number of fused-ring (bicyclic) bond motifs is 1. The van der Waals surface area contributed by atoms with Crippen LogP contribution in [0.5, 0.6) is 17.2 Å². The summed E-state index contributed by atoms with van der Waals surface area (Å²) in [6.45, 7) is 0. The van der Waals surface area contributed by atoms with Gasteiger partial charge in [0.15, 0.2) is 11.5 Å². The van der Waals surface area contributed by atoms with E-state index in [1.54, 1.807) is 33.5 Å². The average Bonchev–Trinajstić information content (AvgIpc) is 3.10. The van der Waals surface area contributed by atoms with E-state index in [0.717, 1.165) is 16.7 Å². The van der Waals surface area contributed by atoms with Crippen molar-refractivity contribution < 1.29 is 19.0 Å². The van der Waals surface area contributed by atoms with Gasteiger partial charge in [-0.1, -0.05) is 6.07 Å². The Hall–Kier alpha value is -3.48. The normalized spacial score (nSPS) is 10.9. The van der Waals surface area contributed by atoms with Gasteiger partial charge in [-0.25, -0.2) is 5.43 Å². The van der Waals surface area contributed by atoms with Crippen LogP contribution in [0.25, 0.3) is 10.9 Å². The Balaban J connectivity index is 1.76. The number of carbonyl (C=O) groups excluding carboxylic acids is 1. The summed E-state index contributed by atoms with van der Waals surface area (Å²) in [5, 5.41) is 4.91. The number of hydrogen-bond acceptors (Lipinski definition) is 5. The summed E-state index contributed by atoms with van der Waals surface area (Å²) in [4.78, 5) is 15.3. The van der Waals surface area contributed by atoms with Crippen LogP contribution in [-0.2, 0) is 0 Å². The summed E-state index contributed by atoms with van der Waals surface area (Å²) in [5.41, 5.74) is 4.40. The van der Waals surface area contributed by atoms with Gasteiger partial charge in [-0.3, -0.25) is 4.79 Å². The fourth-order valence-electron chi connectivity index (χ4n) is 2.59. The molecule has 0 saturated carbocycles. The van der Waals surface area contributed by atoms with Crippen molar-refractivity contribution in [3.05, 3.63) is 53.7 Å². The predicted molar refractivity (Wildman–Crippen MR) is 99.5 cm³/mol. The highest BCUT2D eigenvalue weighted by Gasteiger charge is 2.10. The van der Waals surface area contributed by atoms with Gasteiger partial charge in [0.2, 0.25) is 0 Å². The fraction of sp³-hybridized carbons (Fsp3) is 0.158. The predicted octanol–water partition coefficient (Wildman–Crippen LogP) is 2.96. The summed E-state index contributed by atoms with van der Waals surface area (Å²) in [7, 11) is 4.71. The SMILES string of the molecule is COc1ccc2cc(C(=O)N/N=C/c3cccc(OC)c3OC)[nH]c2c1. The van der Waals surface area contributed by atoms with Crippen LogP contribution in [0, 0.1) is 0 Å². The molecule has 0 unspecified atom stereocenters. The minimum absolute atomic E-state index is 0.349. The number of H-pyrrole nitrogens is 1. The second-order valence-corrected chi connectivity index (χ2v) is 5.42. The third-order valence-electron chi connectivity index (χ3n) is 3.88. The lowest BCUT2D eigenvalue weighted by Crippen LogP contribution is -2.17. The number of benzene rings is 2. The molecular formula is C19H19N3O4. The van der Waals surface area contributed by atoms with Gasteiger partial charge < -0.3 is 19.2 Å². The first-order valence-electron chi connectivity index (χ1n) is 7.87. The maximum Gasteiger partial charge on any atom is 0.287 e. The number of para-hydroxylation sites is 1. The maximum absolute atomic E-state index is 12.3. The molecular weight excluding hydrogens is 334 g/mol. The van der Waals surface area contributed by atoms with E-state index in [0.29, 0.717) is 22.8 Å². The van der Waals surface area contributed by atoms with E-state index in [9.17, 15) is 4.79 Å². The number of hydrazone groups is 1. The van der Waals surface area contributed by atoms with Crippen molar-refractivity contribution in [3.8, 4) is 17.2 Å². The van der Waals surface area contributed by atoms with E-state index < -0.39 is 0 Å². The number of hydrogen-bond donors (Lipinski definition) is 2. The van der Waals surface area contributed by atoms with Crippen LogP contribution in [0.15, 0.2) is 47.6 Å². The van der Waals surface area contributed by atoms with Crippen molar-refractivity contribution in [1.29, 1.82) is 0 Å². The van der Waals surface area contributed by atoms with Gasteiger partial charge in [-0.05, 0) is 30.3 Å². The van der Waals surface area contributed by atoms with Crippen LogP contribution >= 0.6 is 0 Å². The highest BCUT2D eigenvalue weighted by Crippen LogP contribution is 2.29. The first kappa shape index (κ1) is 17.3. The standard InChI is InChI=1S/C19H19N3O4/c1-24-14-8-7-12-9-16(21-15(12)10-14)19(23)22-20-11-13-5-4-6-17(25-2)18(13)26-3/h4-11,21H,1-3H3,(H,22,23)/b20-11+. The number of amides is 1. The summed E-state index contributed by atoms with van der Waals surface area (Å²) in [5.74, 6) is 1.51. The molecule has 0 aliphatic heterocycles. The summed E-state index contributed by atoms with van der Waals surface area (Å²) >= 11 is 0. The Kier molecular flexibility index (Phi) is 5.07. The fourth-order valence-corrected chi connectivity index (χ4v) is 2.59. The van der Waals surface area contributed by atoms with E-state index in [4.69, 9.17) is 14.2 Å². The Morgan fingerprint density at radius 2 is 1.92 bits per heavy atom. The lowest BCUT2D eigenvalue weighted by Gasteiger charge is -2.09. The van der Waals surface area contributed by atoms with Crippen LogP contribution < -0.4 is 19.6 Å². The quantitative estimate of drug-likeness (QED) is 0.527. The van der Waals surface area contributed by atoms with E-state index in [1.807, 2.05) is 30.3 Å². The second kappa shape index (κ2) is 7.60. The maximum atomic E-state index is 12.3. The number of nitrogens with zero attached hydrogens (tertiary/aromatic N) is 1. The molecule has 0 bridgehead atoms. The average molecular weight is 353 g/mol. The highest BCUT2D eigenvalue weighted by atomic mass is 16.5. The third kappa shape index (κ3) is 3.46. The van der Waals surface area contributed by atoms with E-state index in [2.05, 4.69) is 15.5 Å². The monoisotopic (exact) mass is 353 g/mol. The third-order valence-corrected chi connectivity index (χ3v) is 3.88. The summed E-state index contributed by atoms with van der Waals surface area (Å²) < 4.78 is 15.7. The van der Waals surface area contributed by atoms with Gasteiger partial charge in [0.25, 0.3) is 5.91 Å². The molecule has 0 aliphatic carbocycles. The zero-order valence-corrected chi connectivity index (χ0v) is 14.7. The molecule has 26 heavy (non-hydrogen) atoms. The van der Waals surface area contributed by atoms with Gasteiger partial charge in [0.1, 0.15) is 11.4 Å². The number of methoxy groups -OCH3 is 3. The molecule has 1 amide bonds. The Bertz CT molecular complexity index is 963. The molecule has 1 aromatic heterocycles. The number of rotatable bonds is 6. The molecule has 134 valence electrons. The molecule has 0 spiro atoms. The van der Waals surface area contributed by atoms with Gasteiger partial charge in [-0.2, -0.15) is 5.10 Å². The molecule has 3 rings (SSSR count). The summed E-state index contributed by atoms with van der Waals surface area (Å²) in [6, 6.07) is 12.7.